The zero-order valence-corrected chi connectivity index (χ0v) is 13.3. The molecule has 1 aromatic carbocycles. The molecule has 0 saturated heterocycles. The van der Waals surface area contributed by atoms with Gasteiger partial charge in [-0.05, 0) is 24.6 Å². The Hall–Kier alpha value is -2.17. The van der Waals surface area contributed by atoms with Gasteiger partial charge in [-0.3, -0.25) is 9.59 Å². The molecule has 0 aromatic heterocycles. The van der Waals surface area contributed by atoms with Crippen molar-refractivity contribution in [1.29, 1.82) is 0 Å². The summed E-state index contributed by atoms with van der Waals surface area (Å²) < 4.78 is 13.0. The molecule has 1 aromatic rings. The molecule has 0 radical (unpaired) electrons. The van der Waals surface area contributed by atoms with E-state index in [1.807, 2.05) is 0 Å². The highest BCUT2D eigenvalue weighted by atomic mass is 19.1. The first-order valence-corrected chi connectivity index (χ1v) is 7.30. The van der Waals surface area contributed by atoms with Crippen LogP contribution in [0.5, 0.6) is 0 Å². The molecule has 0 saturated carbocycles. The molecular formula is C17H23FN2O2. The molecule has 22 heavy (non-hydrogen) atoms. The number of benzene rings is 1. The summed E-state index contributed by atoms with van der Waals surface area (Å²) in [6.07, 6.45) is 1.58. The largest absolute Gasteiger partial charge is 0.351 e. The van der Waals surface area contributed by atoms with E-state index in [0.29, 0.717) is 6.54 Å². The zero-order chi connectivity index (χ0) is 16.7. The lowest BCUT2D eigenvalue weighted by molar-refractivity contribution is -0.142. The van der Waals surface area contributed by atoms with Gasteiger partial charge in [-0.15, -0.1) is 6.58 Å². The van der Waals surface area contributed by atoms with Crippen LogP contribution < -0.4 is 5.32 Å². The monoisotopic (exact) mass is 306 g/mol. The van der Waals surface area contributed by atoms with Gasteiger partial charge in [0, 0.05) is 19.0 Å². The minimum Gasteiger partial charge on any atom is -0.351 e. The first kappa shape index (κ1) is 17.9. The van der Waals surface area contributed by atoms with Crippen LogP contribution >= 0.6 is 0 Å². The fourth-order valence-corrected chi connectivity index (χ4v) is 1.99. The molecule has 1 N–H and O–H groups in total. The molecule has 0 bridgehead atoms. The van der Waals surface area contributed by atoms with E-state index in [4.69, 9.17) is 0 Å². The van der Waals surface area contributed by atoms with E-state index < -0.39 is 6.04 Å². The summed E-state index contributed by atoms with van der Waals surface area (Å²) in [5.41, 5.74) is 0.777. The van der Waals surface area contributed by atoms with Gasteiger partial charge in [-0.1, -0.05) is 32.1 Å². The van der Waals surface area contributed by atoms with Gasteiger partial charge in [-0.2, -0.15) is 0 Å². The van der Waals surface area contributed by atoms with Gasteiger partial charge < -0.3 is 10.2 Å². The van der Waals surface area contributed by atoms with Crippen LogP contribution in [0.25, 0.3) is 0 Å². The molecular weight excluding hydrogens is 283 g/mol. The highest BCUT2D eigenvalue weighted by molar-refractivity contribution is 5.88. The number of hydrogen-bond donors (Lipinski definition) is 1. The second-order valence-corrected chi connectivity index (χ2v) is 5.46. The minimum absolute atomic E-state index is 0.120. The summed E-state index contributed by atoms with van der Waals surface area (Å²) in [4.78, 5) is 26.0. The van der Waals surface area contributed by atoms with E-state index in [0.717, 1.165) is 5.56 Å². The fourth-order valence-electron chi connectivity index (χ4n) is 1.99. The van der Waals surface area contributed by atoms with Crippen LogP contribution in [0.2, 0.25) is 0 Å². The number of amides is 2. The molecule has 0 aliphatic heterocycles. The van der Waals surface area contributed by atoms with Crippen LogP contribution in [-0.4, -0.2) is 29.3 Å². The van der Waals surface area contributed by atoms with Gasteiger partial charge in [0.1, 0.15) is 11.9 Å². The Kier molecular flexibility index (Phi) is 6.76. The van der Waals surface area contributed by atoms with Gasteiger partial charge in [0.15, 0.2) is 0 Å². The fraction of sp³-hybridized carbons (Fsp3) is 0.412. The number of hydrogen-bond acceptors (Lipinski definition) is 2. The second kappa shape index (κ2) is 8.32. The molecule has 0 fully saturated rings. The lowest BCUT2D eigenvalue weighted by atomic mass is 10.1. The summed E-state index contributed by atoms with van der Waals surface area (Å²) >= 11 is 0. The SMILES string of the molecule is C=CCNC(=O)[C@@H](C)N(Cc1ccc(F)cc1)C(=O)C(C)C. The topological polar surface area (TPSA) is 49.4 Å². The Bertz CT molecular complexity index is 526. The summed E-state index contributed by atoms with van der Waals surface area (Å²) in [6, 6.07) is 5.31. The van der Waals surface area contributed by atoms with E-state index >= 15 is 0 Å². The van der Waals surface area contributed by atoms with Crippen molar-refractivity contribution in [3.8, 4) is 0 Å². The lowest BCUT2D eigenvalue weighted by Crippen LogP contribution is -2.48. The second-order valence-electron chi connectivity index (χ2n) is 5.46. The van der Waals surface area contributed by atoms with Crippen LogP contribution in [0.4, 0.5) is 4.39 Å². The molecule has 4 nitrogen and oxygen atoms in total. The standard InChI is InChI=1S/C17H23FN2O2/c1-5-10-19-16(21)13(4)20(17(22)12(2)3)11-14-6-8-15(18)9-7-14/h5-9,12-13H,1,10-11H2,2-4H3,(H,19,21)/t13-/m1/s1. The molecule has 120 valence electrons. The number of halogens is 1. The van der Waals surface area contributed by atoms with E-state index in [1.54, 1.807) is 39.0 Å². The van der Waals surface area contributed by atoms with Gasteiger partial charge in [0.25, 0.3) is 0 Å². The quantitative estimate of drug-likeness (QED) is 0.787. The van der Waals surface area contributed by atoms with Crippen LogP contribution in [-0.2, 0) is 16.1 Å². The van der Waals surface area contributed by atoms with E-state index in [-0.39, 0.29) is 30.1 Å². The predicted molar refractivity (Wildman–Crippen MR) is 84.5 cm³/mol. The normalized spacial score (nSPS) is 11.9. The average Bonchev–Trinajstić information content (AvgIpc) is 2.50. The Balaban J connectivity index is 2.92. The van der Waals surface area contributed by atoms with Crippen LogP contribution in [0.15, 0.2) is 36.9 Å². The van der Waals surface area contributed by atoms with E-state index in [9.17, 15) is 14.0 Å². The minimum atomic E-state index is -0.611. The van der Waals surface area contributed by atoms with Crippen LogP contribution in [0.3, 0.4) is 0 Å². The number of rotatable bonds is 7. The smallest absolute Gasteiger partial charge is 0.242 e. The molecule has 2 amide bonds. The Morgan fingerprint density at radius 3 is 2.36 bits per heavy atom. The van der Waals surface area contributed by atoms with Crippen LogP contribution in [0.1, 0.15) is 26.3 Å². The number of nitrogens with one attached hydrogen (secondary N) is 1. The van der Waals surface area contributed by atoms with Gasteiger partial charge in [0.2, 0.25) is 11.8 Å². The maximum Gasteiger partial charge on any atom is 0.242 e. The van der Waals surface area contributed by atoms with Gasteiger partial charge >= 0.3 is 0 Å². The molecule has 5 heteroatoms. The summed E-state index contributed by atoms with van der Waals surface area (Å²) in [7, 11) is 0. The molecule has 0 aliphatic rings. The third-order valence-corrected chi connectivity index (χ3v) is 3.31. The van der Waals surface area contributed by atoms with E-state index in [1.165, 1.54) is 17.0 Å². The molecule has 1 atom stereocenters. The molecule has 0 unspecified atom stereocenters. The zero-order valence-electron chi connectivity index (χ0n) is 13.3. The third-order valence-electron chi connectivity index (χ3n) is 3.31. The first-order valence-electron chi connectivity index (χ1n) is 7.30. The van der Waals surface area contributed by atoms with Crippen LogP contribution in [0, 0.1) is 11.7 Å². The summed E-state index contributed by atoms with van der Waals surface area (Å²) in [6.45, 7) is 9.41. The Morgan fingerprint density at radius 1 is 1.27 bits per heavy atom. The van der Waals surface area contributed by atoms with Crippen molar-refractivity contribution in [3.63, 3.8) is 0 Å². The molecule has 0 heterocycles. The van der Waals surface area contributed by atoms with Crippen molar-refractivity contribution in [1.82, 2.24) is 10.2 Å². The average molecular weight is 306 g/mol. The number of carbonyl (C=O) groups excluding carboxylic acids is 2. The molecule has 0 spiro atoms. The lowest BCUT2D eigenvalue weighted by Gasteiger charge is -2.30. The highest BCUT2D eigenvalue weighted by Gasteiger charge is 2.27. The predicted octanol–water partition coefficient (Wildman–Crippen LogP) is 2.50. The number of nitrogens with zero attached hydrogens (tertiary/aromatic N) is 1. The summed E-state index contributed by atoms with van der Waals surface area (Å²) in [5.74, 6) is -0.918. The van der Waals surface area contributed by atoms with Crippen molar-refractivity contribution < 1.29 is 14.0 Å². The third kappa shape index (κ3) is 4.98. The van der Waals surface area contributed by atoms with E-state index in [2.05, 4.69) is 11.9 Å². The molecule has 1 rings (SSSR count). The summed E-state index contributed by atoms with van der Waals surface area (Å²) in [5, 5.41) is 2.69. The number of carbonyl (C=O) groups is 2. The Labute approximate surface area is 131 Å². The molecule has 0 aliphatic carbocycles. The van der Waals surface area contributed by atoms with Crippen molar-refractivity contribution in [2.24, 2.45) is 5.92 Å². The van der Waals surface area contributed by atoms with Crippen molar-refractivity contribution in [2.75, 3.05) is 6.54 Å². The maximum absolute atomic E-state index is 13.0. The maximum atomic E-state index is 13.0. The van der Waals surface area contributed by atoms with Crippen molar-refractivity contribution in [2.45, 2.75) is 33.4 Å². The van der Waals surface area contributed by atoms with Crippen molar-refractivity contribution in [3.05, 3.63) is 48.3 Å². The first-order chi connectivity index (χ1) is 10.4. The highest BCUT2D eigenvalue weighted by Crippen LogP contribution is 2.13. The van der Waals surface area contributed by atoms with Gasteiger partial charge in [0.05, 0.1) is 0 Å². The van der Waals surface area contributed by atoms with Crippen molar-refractivity contribution >= 4 is 11.8 Å². The Morgan fingerprint density at radius 2 is 1.86 bits per heavy atom. The van der Waals surface area contributed by atoms with Gasteiger partial charge in [-0.25, -0.2) is 4.39 Å².